The summed E-state index contributed by atoms with van der Waals surface area (Å²) in [7, 11) is 1.60. The molecule has 7 nitrogen and oxygen atoms in total. The van der Waals surface area contributed by atoms with Crippen molar-refractivity contribution in [3.05, 3.63) is 77.2 Å². The second-order valence-corrected chi connectivity index (χ2v) is 9.25. The van der Waals surface area contributed by atoms with E-state index in [-0.39, 0.29) is 11.7 Å². The Morgan fingerprint density at radius 2 is 1.77 bits per heavy atom. The molecular formula is C26H30FN5O2S. The Labute approximate surface area is 209 Å². The second-order valence-electron chi connectivity index (χ2n) is 8.31. The van der Waals surface area contributed by atoms with E-state index in [9.17, 15) is 9.18 Å². The number of piperazine rings is 1. The topological polar surface area (TPSA) is 70.6 Å². The molecule has 0 spiro atoms. The van der Waals surface area contributed by atoms with E-state index in [1.165, 1.54) is 6.07 Å². The van der Waals surface area contributed by atoms with Crippen LogP contribution in [0.5, 0.6) is 0 Å². The van der Waals surface area contributed by atoms with E-state index in [2.05, 4.69) is 20.1 Å². The van der Waals surface area contributed by atoms with Gasteiger partial charge in [-0.3, -0.25) is 4.79 Å². The number of aromatic nitrogens is 2. The summed E-state index contributed by atoms with van der Waals surface area (Å²) in [5, 5.41) is 3.54. The lowest BCUT2D eigenvalue weighted by Crippen LogP contribution is -2.47. The van der Waals surface area contributed by atoms with E-state index >= 15 is 0 Å². The van der Waals surface area contributed by atoms with Gasteiger partial charge < -0.3 is 19.9 Å². The molecule has 4 rings (SSSR count). The predicted octanol–water partition coefficient (Wildman–Crippen LogP) is 3.92. The number of rotatable bonds is 9. The third-order valence-electron chi connectivity index (χ3n) is 5.79. The van der Waals surface area contributed by atoms with E-state index in [1.807, 2.05) is 49.4 Å². The van der Waals surface area contributed by atoms with Crippen LogP contribution in [0.3, 0.4) is 0 Å². The van der Waals surface area contributed by atoms with Crippen LogP contribution in [0.15, 0.2) is 59.8 Å². The lowest BCUT2D eigenvalue weighted by Gasteiger charge is -2.37. The Morgan fingerprint density at radius 3 is 2.49 bits per heavy atom. The summed E-state index contributed by atoms with van der Waals surface area (Å²) < 4.78 is 19.1. The molecule has 2 heterocycles. The number of nitrogens with one attached hydrogen (secondary N) is 1. The first-order valence-corrected chi connectivity index (χ1v) is 12.6. The highest BCUT2D eigenvalue weighted by atomic mass is 32.2. The summed E-state index contributed by atoms with van der Waals surface area (Å²) in [5.41, 5.74) is 3.28. The molecule has 1 fully saturated rings. The largest absolute Gasteiger partial charge is 0.383 e. The molecule has 1 aliphatic rings. The van der Waals surface area contributed by atoms with Crippen molar-refractivity contribution in [1.29, 1.82) is 0 Å². The number of methoxy groups -OCH3 is 1. The molecule has 0 aliphatic carbocycles. The van der Waals surface area contributed by atoms with Crippen molar-refractivity contribution in [1.82, 2.24) is 15.3 Å². The molecule has 0 atom stereocenters. The molecule has 1 aliphatic heterocycles. The molecule has 3 aromatic rings. The summed E-state index contributed by atoms with van der Waals surface area (Å²) in [6.45, 7) is 5.95. The molecule has 0 bridgehead atoms. The zero-order chi connectivity index (χ0) is 24.6. The quantitative estimate of drug-likeness (QED) is 0.274. The number of hydrogen-bond donors (Lipinski definition) is 1. The van der Waals surface area contributed by atoms with Crippen molar-refractivity contribution in [2.24, 2.45) is 0 Å². The Bertz CT molecular complexity index is 1140. The van der Waals surface area contributed by atoms with E-state index in [0.29, 0.717) is 30.2 Å². The lowest BCUT2D eigenvalue weighted by atomic mass is 10.1. The lowest BCUT2D eigenvalue weighted by molar-refractivity contribution is 0.0937. The van der Waals surface area contributed by atoms with Gasteiger partial charge in [0.2, 0.25) is 0 Å². The van der Waals surface area contributed by atoms with Crippen molar-refractivity contribution in [2.45, 2.75) is 17.8 Å². The minimum absolute atomic E-state index is 0.108. The average molecular weight is 496 g/mol. The number of thioether (sulfide) groups is 1. The molecule has 1 aromatic heterocycles. The molecule has 1 saturated heterocycles. The zero-order valence-corrected chi connectivity index (χ0v) is 20.9. The van der Waals surface area contributed by atoms with Crippen LogP contribution in [0.25, 0.3) is 0 Å². The van der Waals surface area contributed by atoms with Gasteiger partial charge in [0.15, 0.2) is 5.16 Å². The molecule has 0 radical (unpaired) electrons. The third-order valence-corrected chi connectivity index (χ3v) is 6.71. The number of hydrogen-bond acceptors (Lipinski definition) is 7. The Morgan fingerprint density at radius 1 is 1.06 bits per heavy atom. The molecule has 0 unspecified atom stereocenters. The highest BCUT2D eigenvalue weighted by Crippen LogP contribution is 2.25. The number of anilines is 2. The molecule has 184 valence electrons. The summed E-state index contributed by atoms with van der Waals surface area (Å²) in [6.07, 6.45) is 0. The van der Waals surface area contributed by atoms with Gasteiger partial charge in [-0.1, -0.05) is 36.0 Å². The summed E-state index contributed by atoms with van der Waals surface area (Å²) >= 11 is 1.57. The van der Waals surface area contributed by atoms with Gasteiger partial charge in [0.1, 0.15) is 11.6 Å². The number of amides is 1. The fraction of sp³-hybridized carbons (Fsp3) is 0.346. The number of carbonyl (C=O) groups excluding carboxylic acids is 1. The first-order valence-electron chi connectivity index (χ1n) is 11.6. The highest BCUT2D eigenvalue weighted by Gasteiger charge is 2.21. The normalized spacial score (nSPS) is 13.7. The number of para-hydroxylation sites is 1. The molecule has 35 heavy (non-hydrogen) atoms. The second kappa shape index (κ2) is 12.0. The number of aryl methyl sites for hydroxylation is 1. The predicted molar refractivity (Wildman–Crippen MR) is 138 cm³/mol. The smallest absolute Gasteiger partial charge is 0.251 e. The summed E-state index contributed by atoms with van der Waals surface area (Å²) in [5.74, 6) is 1.31. The highest BCUT2D eigenvalue weighted by molar-refractivity contribution is 7.98. The summed E-state index contributed by atoms with van der Waals surface area (Å²) in [4.78, 5) is 25.8. The van der Waals surface area contributed by atoms with Gasteiger partial charge in [-0.25, -0.2) is 14.4 Å². The molecule has 1 amide bonds. The number of benzene rings is 2. The number of halogens is 1. The van der Waals surface area contributed by atoms with Gasteiger partial charge in [0, 0.05) is 62.9 Å². The third kappa shape index (κ3) is 6.70. The maximum Gasteiger partial charge on any atom is 0.251 e. The van der Waals surface area contributed by atoms with Crippen molar-refractivity contribution >= 4 is 29.2 Å². The van der Waals surface area contributed by atoms with Gasteiger partial charge in [-0.2, -0.15) is 0 Å². The number of nitrogens with zero attached hydrogens (tertiary/aromatic N) is 4. The van der Waals surface area contributed by atoms with Crippen LogP contribution in [0, 0.1) is 12.7 Å². The molecular weight excluding hydrogens is 465 g/mol. The van der Waals surface area contributed by atoms with Crippen molar-refractivity contribution < 1.29 is 13.9 Å². The van der Waals surface area contributed by atoms with Crippen LogP contribution in [0.2, 0.25) is 0 Å². The van der Waals surface area contributed by atoms with Gasteiger partial charge in [-0.05, 0) is 36.8 Å². The number of ether oxygens (including phenoxy) is 1. The van der Waals surface area contributed by atoms with Crippen molar-refractivity contribution in [3.8, 4) is 0 Å². The van der Waals surface area contributed by atoms with Crippen LogP contribution in [-0.2, 0) is 10.5 Å². The molecule has 9 heteroatoms. The Balaban J connectivity index is 1.33. The van der Waals surface area contributed by atoms with Crippen LogP contribution >= 0.6 is 11.8 Å². The van der Waals surface area contributed by atoms with Gasteiger partial charge in [-0.15, -0.1) is 0 Å². The average Bonchev–Trinajstić information content (AvgIpc) is 2.88. The zero-order valence-electron chi connectivity index (χ0n) is 20.0. The maximum atomic E-state index is 14.1. The fourth-order valence-corrected chi connectivity index (χ4v) is 4.76. The Kier molecular flexibility index (Phi) is 8.54. The molecule has 2 aromatic carbocycles. The SMILES string of the molecule is COCCNC(=O)c1ccc(CSc2nc(C)cc(N3CCN(c4ccccc4F)CC3)n2)cc1. The summed E-state index contributed by atoms with van der Waals surface area (Å²) in [6, 6.07) is 16.5. The fourth-order valence-electron chi connectivity index (χ4n) is 3.91. The molecule has 1 N–H and O–H groups in total. The first kappa shape index (κ1) is 24.9. The van der Waals surface area contributed by atoms with Gasteiger partial charge in [0.05, 0.1) is 12.3 Å². The van der Waals surface area contributed by atoms with E-state index in [4.69, 9.17) is 9.72 Å². The van der Waals surface area contributed by atoms with Crippen molar-refractivity contribution in [2.75, 3.05) is 56.2 Å². The minimum atomic E-state index is -0.183. The van der Waals surface area contributed by atoms with E-state index < -0.39 is 0 Å². The van der Waals surface area contributed by atoms with Gasteiger partial charge >= 0.3 is 0 Å². The van der Waals surface area contributed by atoms with Crippen LogP contribution in [-0.4, -0.2) is 62.3 Å². The Hall–Kier alpha value is -3.17. The molecule has 0 saturated carbocycles. The van der Waals surface area contributed by atoms with Crippen LogP contribution in [0.4, 0.5) is 15.9 Å². The number of carbonyl (C=O) groups is 1. The van der Waals surface area contributed by atoms with E-state index in [1.54, 1.807) is 24.9 Å². The van der Waals surface area contributed by atoms with Crippen molar-refractivity contribution in [3.63, 3.8) is 0 Å². The first-order chi connectivity index (χ1) is 17.0. The standard InChI is InChI=1S/C26H30FN5O2S/c1-19-17-24(32-14-12-31(13-15-32)23-6-4-3-5-22(23)27)30-26(29-19)35-18-20-7-9-21(10-8-20)25(33)28-11-16-34-2/h3-10,17H,11-16,18H2,1-2H3,(H,28,33). The maximum absolute atomic E-state index is 14.1. The van der Waals surface area contributed by atoms with E-state index in [0.717, 1.165) is 48.4 Å². The van der Waals surface area contributed by atoms with Gasteiger partial charge in [0.25, 0.3) is 5.91 Å². The monoisotopic (exact) mass is 495 g/mol. The van der Waals surface area contributed by atoms with Crippen LogP contribution < -0.4 is 15.1 Å². The van der Waals surface area contributed by atoms with Crippen LogP contribution in [0.1, 0.15) is 21.6 Å². The minimum Gasteiger partial charge on any atom is -0.383 e.